The predicted molar refractivity (Wildman–Crippen MR) is 107 cm³/mol. The van der Waals surface area contributed by atoms with Crippen LogP contribution in [0.5, 0.6) is 0 Å². The zero-order valence-electron chi connectivity index (χ0n) is 16.3. The highest BCUT2D eigenvalue weighted by Gasteiger charge is 2.18. The number of hydrogen-bond donors (Lipinski definition) is 0. The Labute approximate surface area is 155 Å². The molecule has 0 saturated heterocycles. The highest BCUT2D eigenvalue weighted by molar-refractivity contribution is 6.04. The molecule has 3 rings (SSSR count). The summed E-state index contributed by atoms with van der Waals surface area (Å²) in [5.74, 6) is 0. The molecule has 1 aliphatic carbocycles. The lowest BCUT2D eigenvalue weighted by molar-refractivity contribution is -0.384. The van der Waals surface area contributed by atoms with Gasteiger partial charge >= 0.3 is 0 Å². The Kier molecular flexibility index (Phi) is 9.06. The van der Waals surface area contributed by atoms with Crippen molar-refractivity contribution in [3.63, 3.8) is 0 Å². The molecule has 5 heteroatoms. The van der Waals surface area contributed by atoms with Crippen LogP contribution in [-0.4, -0.2) is 10.6 Å². The van der Waals surface area contributed by atoms with Crippen LogP contribution in [0.3, 0.4) is 0 Å². The predicted octanol–water partition coefficient (Wildman–Crippen LogP) is 5.82. The van der Waals surface area contributed by atoms with Crippen molar-refractivity contribution in [2.75, 3.05) is 0 Å². The monoisotopic (exact) mass is 356 g/mol. The molecule has 0 atom stereocenters. The van der Waals surface area contributed by atoms with E-state index in [4.69, 9.17) is 4.84 Å². The van der Waals surface area contributed by atoms with Gasteiger partial charge in [0.05, 0.1) is 10.6 Å². The standard InChI is InChI=1S/C17H16N2O3.2C2H6/c1-12-2-5-14-6-9-17(16(14)10-12)18-22-11-13-3-7-15(8-4-13)19(20)21;2*1-2/h2-5,7-8,10H,6,9,11H2,1H3;2*1-2H3/b18-17+;;. The van der Waals surface area contributed by atoms with Gasteiger partial charge in [-0.1, -0.05) is 50.5 Å². The van der Waals surface area contributed by atoms with Crippen LogP contribution in [0, 0.1) is 17.0 Å². The van der Waals surface area contributed by atoms with Crippen LogP contribution in [0.4, 0.5) is 5.69 Å². The first kappa shape index (κ1) is 21.4. The normalized spacial score (nSPS) is 13.0. The SMILES string of the molecule is CC.CC.Cc1ccc2c(c1)/C(=N/OCc1ccc([N+](=O)[O-])cc1)CC2. The average molecular weight is 356 g/mol. The highest BCUT2D eigenvalue weighted by atomic mass is 16.6. The molecule has 2 aromatic carbocycles. The molecule has 0 bridgehead atoms. The third-order valence-electron chi connectivity index (χ3n) is 3.76. The number of nitrogens with zero attached hydrogens (tertiary/aromatic N) is 2. The van der Waals surface area contributed by atoms with Crippen LogP contribution in [0.15, 0.2) is 47.6 Å². The van der Waals surface area contributed by atoms with Gasteiger partial charge in [0, 0.05) is 17.7 Å². The number of non-ortho nitro benzene ring substituents is 1. The van der Waals surface area contributed by atoms with Gasteiger partial charge in [0.15, 0.2) is 0 Å². The second-order valence-corrected chi connectivity index (χ2v) is 5.40. The fraction of sp³-hybridized carbons (Fsp3) is 0.381. The van der Waals surface area contributed by atoms with E-state index in [0.29, 0.717) is 6.61 Å². The molecule has 0 radical (unpaired) electrons. The van der Waals surface area contributed by atoms with Crippen LogP contribution in [0.25, 0.3) is 0 Å². The van der Waals surface area contributed by atoms with Gasteiger partial charge in [-0.05, 0) is 49.1 Å². The van der Waals surface area contributed by atoms with Gasteiger partial charge in [0.2, 0.25) is 0 Å². The maximum Gasteiger partial charge on any atom is 0.269 e. The molecular weight excluding hydrogens is 328 g/mol. The maximum atomic E-state index is 10.6. The van der Waals surface area contributed by atoms with Crippen molar-refractivity contribution < 1.29 is 9.76 Å². The summed E-state index contributed by atoms with van der Waals surface area (Å²) in [6.45, 7) is 10.4. The lowest BCUT2D eigenvalue weighted by Crippen LogP contribution is -1.97. The molecule has 0 amide bonds. The minimum absolute atomic E-state index is 0.0789. The van der Waals surface area contributed by atoms with Gasteiger partial charge in [0.25, 0.3) is 5.69 Å². The number of hydrogen-bond acceptors (Lipinski definition) is 4. The van der Waals surface area contributed by atoms with E-state index in [-0.39, 0.29) is 5.69 Å². The van der Waals surface area contributed by atoms with Crippen LogP contribution < -0.4 is 0 Å². The first-order valence-electron chi connectivity index (χ1n) is 9.15. The molecule has 0 aromatic heterocycles. The lowest BCUT2D eigenvalue weighted by atomic mass is 10.1. The van der Waals surface area contributed by atoms with Crippen molar-refractivity contribution in [1.82, 2.24) is 0 Å². The minimum Gasteiger partial charge on any atom is -0.391 e. The van der Waals surface area contributed by atoms with Crippen LogP contribution in [-0.2, 0) is 17.9 Å². The summed E-state index contributed by atoms with van der Waals surface area (Å²) in [4.78, 5) is 15.6. The first-order chi connectivity index (χ1) is 12.6. The van der Waals surface area contributed by atoms with Gasteiger partial charge in [0.1, 0.15) is 6.61 Å². The summed E-state index contributed by atoms with van der Waals surface area (Å²) in [5.41, 5.74) is 5.60. The molecular formula is C21H28N2O3. The van der Waals surface area contributed by atoms with E-state index in [9.17, 15) is 10.1 Å². The number of aryl methyl sites for hydroxylation is 2. The molecule has 26 heavy (non-hydrogen) atoms. The van der Waals surface area contributed by atoms with Crippen LogP contribution in [0.1, 0.15) is 56.4 Å². The molecule has 0 fully saturated rings. The molecule has 1 aliphatic rings. The quantitative estimate of drug-likeness (QED) is 0.512. The third kappa shape index (κ3) is 5.69. The summed E-state index contributed by atoms with van der Waals surface area (Å²) < 4.78 is 0. The average Bonchev–Trinajstić information content (AvgIpc) is 3.07. The van der Waals surface area contributed by atoms with E-state index >= 15 is 0 Å². The van der Waals surface area contributed by atoms with Gasteiger partial charge in [-0.2, -0.15) is 0 Å². The molecule has 0 saturated carbocycles. The lowest BCUT2D eigenvalue weighted by Gasteiger charge is -2.03. The molecule has 0 aliphatic heterocycles. The van der Waals surface area contributed by atoms with E-state index < -0.39 is 4.92 Å². The molecule has 0 heterocycles. The minimum atomic E-state index is -0.414. The number of fused-ring (bicyclic) bond motifs is 1. The summed E-state index contributed by atoms with van der Waals surface area (Å²) >= 11 is 0. The topological polar surface area (TPSA) is 64.7 Å². The second kappa shape index (κ2) is 11.0. The number of rotatable bonds is 4. The molecule has 0 unspecified atom stereocenters. The van der Waals surface area contributed by atoms with Gasteiger partial charge < -0.3 is 4.84 Å². The Morgan fingerprint density at radius 3 is 2.31 bits per heavy atom. The number of oxime groups is 1. The molecule has 0 spiro atoms. The third-order valence-corrected chi connectivity index (χ3v) is 3.76. The Balaban J connectivity index is 0.000000791. The Bertz CT molecular complexity index is 737. The molecule has 2 aromatic rings. The summed E-state index contributed by atoms with van der Waals surface area (Å²) in [5, 5.41) is 14.8. The highest BCUT2D eigenvalue weighted by Crippen LogP contribution is 2.24. The fourth-order valence-electron chi connectivity index (χ4n) is 2.56. The fourth-order valence-corrected chi connectivity index (χ4v) is 2.56. The van der Waals surface area contributed by atoms with E-state index in [1.54, 1.807) is 12.1 Å². The smallest absolute Gasteiger partial charge is 0.269 e. The van der Waals surface area contributed by atoms with Crippen molar-refractivity contribution >= 4 is 11.4 Å². The summed E-state index contributed by atoms with van der Waals surface area (Å²) in [7, 11) is 0. The van der Waals surface area contributed by atoms with Crippen LogP contribution >= 0.6 is 0 Å². The summed E-state index contributed by atoms with van der Waals surface area (Å²) in [6, 6.07) is 12.7. The Hall–Kier alpha value is -2.69. The van der Waals surface area contributed by atoms with Crippen molar-refractivity contribution in [2.24, 2.45) is 5.16 Å². The van der Waals surface area contributed by atoms with Crippen LogP contribution in [0.2, 0.25) is 0 Å². The number of nitro benzene ring substituents is 1. The van der Waals surface area contributed by atoms with E-state index in [1.165, 1.54) is 28.8 Å². The first-order valence-corrected chi connectivity index (χ1v) is 9.15. The maximum absolute atomic E-state index is 10.6. The molecule has 140 valence electrons. The second-order valence-electron chi connectivity index (χ2n) is 5.40. The van der Waals surface area contributed by atoms with Crippen molar-refractivity contribution in [3.8, 4) is 0 Å². The summed E-state index contributed by atoms with van der Waals surface area (Å²) in [6.07, 6.45) is 1.88. The van der Waals surface area contributed by atoms with Crippen molar-refractivity contribution in [3.05, 3.63) is 74.8 Å². The molecule has 0 N–H and O–H groups in total. The van der Waals surface area contributed by atoms with E-state index in [1.807, 2.05) is 27.7 Å². The Morgan fingerprint density at radius 2 is 1.69 bits per heavy atom. The van der Waals surface area contributed by atoms with E-state index in [0.717, 1.165) is 24.1 Å². The van der Waals surface area contributed by atoms with Gasteiger partial charge in [-0.25, -0.2) is 0 Å². The number of benzene rings is 2. The van der Waals surface area contributed by atoms with Gasteiger partial charge in [-0.3, -0.25) is 10.1 Å². The van der Waals surface area contributed by atoms with Crippen molar-refractivity contribution in [2.45, 2.75) is 54.1 Å². The molecule has 5 nitrogen and oxygen atoms in total. The van der Waals surface area contributed by atoms with Gasteiger partial charge in [-0.15, -0.1) is 0 Å². The van der Waals surface area contributed by atoms with Crippen molar-refractivity contribution in [1.29, 1.82) is 0 Å². The zero-order valence-corrected chi connectivity index (χ0v) is 16.3. The van der Waals surface area contributed by atoms with E-state index in [2.05, 4.69) is 30.3 Å². The number of nitro groups is 1. The zero-order chi connectivity index (χ0) is 19.5. The largest absolute Gasteiger partial charge is 0.391 e. The Morgan fingerprint density at radius 1 is 1.04 bits per heavy atom.